The maximum atomic E-state index is 12.6. The van der Waals surface area contributed by atoms with Gasteiger partial charge in [0, 0.05) is 17.4 Å². The van der Waals surface area contributed by atoms with Crippen molar-refractivity contribution in [1.29, 1.82) is 0 Å². The molecule has 2 bridgehead atoms. The van der Waals surface area contributed by atoms with Crippen LogP contribution in [0.5, 0.6) is 0 Å². The van der Waals surface area contributed by atoms with Gasteiger partial charge in [0.1, 0.15) is 5.78 Å². The third-order valence-electron chi connectivity index (χ3n) is 8.40. The van der Waals surface area contributed by atoms with E-state index in [1.807, 2.05) is 0 Å². The first-order chi connectivity index (χ1) is 9.72. The zero-order valence-electron chi connectivity index (χ0n) is 14.0. The summed E-state index contributed by atoms with van der Waals surface area (Å²) in [6, 6.07) is 0. The van der Waals surface area contributed by atoms with Crippen LogP contribution in [0.2, 0.25) is 0 Å². The van der Waals surface area contributed by atoms with Crippen LogP contribution >= 0.6 is 0 Å². The lowest BCUT2D eigenvalue weighted by Crippen LogP contribution is -2.62. The Morgan fingerprint density at radius 1 is 1.00 bits per heavy atom. The highest BCUT2D eigenvalue weighted by molar-refractivity contribution is 5.88. The highest BCUT2D eigenvalue weighted by Gasteiger charge is 2.66. The molecule has 118 valence electrons. The first-order valence-corrected chi connectivity index (χ1v) is 9.04. The second-order valence-corrected chi connectivity index (χ2v) is 9.75. The zero-order chi connectivity index (χ0) is 15.1. The van der Waals surface area contributed by atoms with E-state index in [-0.39, 0.29) is 11.0 Å². The van der Waals surface area contributed by atoms with Crippen molar-refractivity contribution >= 4 is 5.78 Å². The molecule has 1 spiro atoms. The summed E-state index contributed by atoms with van der Waals surface area (Å²) >= 11 is 0. The largest absolute Gasteiger partial charge is 0.325 e. The molecule has 6 atom stereocenters. The minimum atomic E-state index is 0.0119. The Balaban J connectivity index is 1.75. The van der Waals surface area contributed by atoms with E-state index in [9.17, 15) is 4.79 Å². The molecule has 4 rings (SSSR count). The average molecular weight is 289 g/mol. The minimum absolute atomic E-state index is 0.0119. The molecule has 0 aliphatic heterocycles. The number of Topliss-reactive ketones (excluding diaryl/α,β-unsaturated/α-hetero) is 1. The third kappa shape index (κ3) is 1.66. The molecule has 2 N–H and O–H groups in total. The fourth-order valence-corrected chi connectivity index (χ4v) is 7.56. The van der Waals surface area contributed by atoms with Crippen LogP contribution < -0.4 is 5.73 Å². The molecule has 4 saturated carbocycles. The molecule has 0 heterocycles. The van der Waals surface area contributed by atoms with E-state index in [1.165, 1.54) is 44.9 Å². The van der Waals surface area contributed by atoms with Crippen molar-refractivity contribution in [2.24, 2.45) is 33.8 Å². The lowest BCUT2D eigenvalue weighted by molar-refractivity contribution is -0.133. The van der Waals surface area contributed by atoms with Crippen molar-refractivity contribution in [3.8, 4) is 0 Å². The van der Waals surface area contributed by atoms with Gasteiger partial charge in [-0.05, 0) is 74.5 Å². The van der Waals surface area contributed by atoms with Crippen molar-refractivity contribution in [3.05, 3.63) is 0 Å². The molecular weight excluding hydrogens is 258 g/mol. The molecule has 4 aliphatic rings. The van der Waals surface area contributed by atoms with Gasteiger partial charge in [0.15, 0.2) is 0 Å². The Bertz CT molecular complexity index is 498. The van der Waals surface area contributed by atoms with Crippen LogP contribution in [0.15, 0.2) is 0 Å². The summed E-state index contributed by atoms with van der Waals surface area (Å²) in [5, 5.41) is 0. The molecule has 21 heavy (non-hydrogen) atoms. The van der Waals surface area contributed by atoms with Crippen LogP contribution in [-0.2, 0) is 4.79 Å². The second-order valence-electron chi connectivity index (χ2n) is 9.75. The number of rotatable bonds is 0. The highest BCUT2D eigenvalue weighted by Crippen LogP contribution is 2.71. The van der Waals surface area contributed by atoms with Gasteiger partial charge in [-0.25, -0.2) is 0 Å². The molecule has 2 unspecified atom stereocenters. The standard InChI is InChI=1S/C19H31NO/c1-16-9-5-14-17(2)7-4-8-18(3,20)13(17)6-10-19(14,12-16)11-15(16)21/h13-14H,4-12,20H2,1-3H3/t13?,14?,16-,17+,18+,19-/m0/s1. The Morgan fingerprint density at radius 3 is 2.48 bits per heavy atom. The monoisotopic (exact) mass is 289 g/mol. The predicted molar refractivity (Wildman–Crippen MR) is 84.8 cm³/mol. The first-order valence-electron chi connectivity index (χ1n) is 9.04. The summed E-state index contributed by atoms with van der Waals surface area (Å²) in [7, 11) is 0. The molecule has 0 aromatic rings. The zero-order valence-corrected chi connectivity index (χ0v) is 14.0. The molecule has 0 saturated heterocycles. The Labute approximate surface area is 129 Å². The van der Waals surface area contributed by atoms with Crippen molar-refractivity contribution in [3.63, 3.8) is 0 Å². The Morgan fingerprint density at radius 2 is 1.71 bits per heavy atom. The number of nitrogens with two attached hydrogens (primary N) is 1. The van der Waals surface area contributed by atoms with Gasteiger partial charge < -0.3 is 5.73 Å². The molecule has 4 fully saturated rings. The number of fused-ring (bicyclic) bond motifs is 3. The fraction of sp³-hybridized carbons (Fsp3) is 0.947. The molecule has 2 heteroatoms. The van der Waals surface area contributed by atoms with Gasteiger partial charge in [0.25, 0.3) is 0 Å². The van der Waals surface area contributed by atoms with Gasteiger partial charge >= 0.3 is 0 Å². The van der Waals surface area contributed by atoms with Gasteiger partial charge in [-0.2, -0.15) is 0 Å². The Kier molecular flexibility index (Phi) is 2.67. The van der Waals surface area contributed by atoms with Crippen LogP contribution in [0.3, 0.4) is 0 Å². The summed E-state index contributed by atoms with van der Waals surface area (Å²) in [4.78, 5) is 12.6. The van der Waals surface area contributed by atoms with Gasteiger partial charge in [-0.15, -0.1) is 0 Å². The topological polar surface area (TPSA) is 43.1 Å². The van der Waals surface area contributed by atoms with E-state index in [0.717, 1.165) is 18.8 Å². The smallest absolute Gasteiger partial charge is 0.139 e. The van der Waals surface area contributed by atoms with E-state index >= 15 is 0 Å². The molecule has 0 radical (unpaired) electrons. The number of carbonyl (C=O) groups is 1. The van der Waals surface area contributed by atoms with Crippen molar-refractivity contribution < 1.29 is 4.79 Å². The van der Waals surface area contributed by atoms with Crippen LogP contribution in [0.1, 0.15) is 78.6 Å². The lowest BCUT2D eigenvalue weighted by Gasteiger charge is -2.64. The summed E-state index contributed by atoms with van der Waals surface area (Å²) in [6.45, 7) is 7.06. The van der Waals surface area contributed by atoms with Crippen LogP contribution in [-0.4, -0.2) is 11.3 Å². The minimum Gasteiger partial charge on any atom is -0.325 e. The second kappa shape index (κ2) is 3.93. The predicted octanol–water partition coefficient (Wildman–Crippen LogP) is 4.07. The maximum Gasteiger partial charge on any atom is 0.139 e. The summed E-state index contributed by atoms with van der Waals surface area (Å²) in [5.74, 6) is 1.97. The van der Waals surface area contributed by atoms with Gasteiger partial charge in [-0.3, -0.25) is 4.79 Å². The fourth-order valence-electron chi connectivity index (χ4n) is 7.56. The first kappa shape index (κ1) is 14.2. The number of hydrogen-bond acceptors (Lipinski definition) is 2. The number of hydrogen-bond donors (Lipinski definition) is 1. The number of carbonyl (C=O) groups excluding carboxylic acids is 1. The van der Waals surface area contributed by atoms with Gasteiger partial charge in [-0.1, -0.05) is 20.3 Å². The molecule has 0 aromatic heterocycles. The average Bonchev–Trinajstić information content (AvgIpc) is 2.54. The number of ketones is 1. The van der Waals surface area contributed by atoms with Crippen LogP contribution in [0.4, 0.5) is 0 Å². The van der Waals surface area contributed by atoms with Crippen molar-refractivity contribution in [2.45, 2.75) is 84.1 Å². The maximum absolute atomic E-state index is 12.6. The normalized spacial score (nSPS) is 59.5. The van der Waals surface area contributed by atoms with E-state index in [2.05, 4.69) is 20.8 Å². The molecule has 4 aliphatic carbocycles. The van der Waals surface area contributed by atoms with Gasteiger partial charge in [0.05, 0.1) is 0 Å². The van der Waals surface area contributed by atoms with Crippen molar-refractivity contribution in [2.75, 3.05) is 0 Å². The molecule has 0 amide bonds. The molecule has 2 nitrogen and oxygen atoms in total. The van der Waals surface area contributed by atoms with E-state index in [1.54, 1.807) is 0 Å². The van der Waals surface area contributed by atoms with Gasteiger partial charge in [0.2, 0.25) is 0 Å². The summed E-state index contributed by atoms with van der Waals surface area (Å²) < 4.78 is 0. The third-order valence-corrected chi connectivity index (χ3v) is 8.40. The van der Waals surface area contributed by atoms with E-state index < -0.39 is 0 Å². The van der Waals surface area contributed by atoms with Crippen LogP contribution in [0.25, 0.3) is 0 Å². The van der Waals surface area contributed by atoms with E-state index in [4.69, 9.17) is 5.73 Å². The summed E-state index contributed by atoms with van der Waals surface area (Å²) in [6.07, 6.45) is 10.7. The molecule has 0 aromatic carbocycles. The SMILES string of the molecule is C[C@@]12CCC3[C@@](CCC4[C@@]3(C)CCC[C@@]4(C)N)(CC1=O)C2. The lowest BCUT2D eigenvalue weighted by atomic mass is 9.42. The quantitative estimate of drug-likeness (QED) is 0.730. The van der Waals surface area contributed by atoms with Crippen LogP contribution in [0, 0.1) is 28.1 Å². The summed E-state index contributed by atoms with van der Waals surface area (Å²) in [5.41, 5.74) is 7.46. The van der Waals surface area contributed by atoms with Crippen molar-refractivity contribution in [1.82, 2.24) is 0 Å². The van der Waals surface area contributed by atoms with E-state index in [0.29, 0.717) is 22.5 Å². The molecular formula is C19H31NO. The Hall–Kier alpha value is -0.370. The highest BCUT2D eigenvalue weighted by atomic mass is 16.1.